The SMILES string of the molecule is C[C@H]1CCCC[C@@H]1NC(=O)CSc1ccc(F)c(F)c1. The Bertz CT molecular complexity index is 481. The van der Waals surface area contributed by atoms with Crippen LogP contribution in [0.2, 0.25) is 0 Å². The molecule has 1 N–H and O–H groups in total. The second-order valence-electron chi connectivity index (χ2n) is 5.30. The summed E-state index contributed by atoms with van der Waals surface area (Å²) in [5, 5.41) is 3.04. The molecule has 2 atom stereocenters. The second-order valence-corrected chi connectivity index (χ2v) is 6.35. The predicted octanol–water partition coefficient (Wildman–Crippen LogP) is 3.75. The van der Waals surface area contributed by atoms with Gasteiger partial charge in [0.25, 0.3) is 0 Å². The van der Waals surface area contributed by atoms with E-state index in [1.165, 1.54) is 24.2 Å². The van der Waals surface area contributed by atoms with Crippen LogP contribution < -0.4 is 5.32 Å². The summed E-state index contributed by atoms with van der Waals surface area (Å²) in [6, 6.07) is 3.94. The fourth-order valence-corrected chi connectivity index (χ4v) is 3.23. The van der Waals surface area contributed by atoms with Crippen LogP contribution in [0.4, 0.5) is 8.78 Å². The van der Waals surface area contributed by atoms with Gasteiger partial charge in [-0.25, -0.2) is 8.78 Å². The van der Waals surface area contributed by atoms with Crippen molar-refractivity contribution in [3.8, 4) is 0 Å². The topological polar surface area (TPSA) is 29.1 Å². The van der Waals surface area contributed by atoms with Crippen molar-refractivity contribution in [1.82, 2.24) is 5.32 Å². The zero-order chi connectivity index (χ0) is 14.5. The second kappa shape index (κ2) is 7.07. The first-order chi connectivity index (χ1) is 9.56. The molecule has 0 aliphatic heterocycles. The number of carbonyl (C=O) groups excluding carboxylic acids is 1. The molecule has 0 radical (unpaired) electrons. The van der Waals surface area contributed by atoms with Crippen LogP contribution in [0.15, 0.2) is 23.1 Å². The van der Waals surface area contributed by atoms with Crippen LogP contribution in [0.3, 0.4) is 0 Å². The van der Waals surface area contributed by atoms with Gasteiger partial charge in [-0.1, -0.05) is 19.8 Å². The van der Waals surface area contributed by atoms with Crippen molar-refractivity contribution in [3.05, 3.63) is 29.8 Å². The molecule has 1 aliphatic carbocycles. The van der Waals surface area contributed by atoms with Crippen LogP contribution >= 0.6 is 11.8 Å². The molecule has 1 aromatic rings. The first-order valence-corrected chi connectivity index (χ1v) is 7.92. The van der Waals surface area contributed by atoms with Crippen LogP contribution in [0.25, 0.3) is 0 Å². The lowest BCUT2D eigenvalue weighted by atomic mass is 9.86. The molecule has 1 amide bonds. The summed E-state index contributed by atoms with van der Waals surface area (Å²) in [5.74, 6) is -1.04. The molecule has 0 spiro atoms. The van der Waals surface area contributed by atoms with Crippen molar-refractivity contribution >= 4 is 17.7 Å². The summed E-state index contributed by atoms with van der Waals surface area (Å²) in [5.41, 5.74) is 0. The van der Waals surface area contributed by atoms with E-state index in [0.717, 1.165) is 31.4 Å². The van der Waals surface area contributed by atoms with E-state index in [4.69, 9.17) is 0 Å². The Kier molecular flexibility index (Phi) is 5.40. The van der Waals surface area contributed by atoms with E-state index in [9.17, 15) is 13.6 Å². The zero-order valence-corrected chi connectivity index (χ0v) is 12.3. The van der Waals surface area contributed by atoms with Crippen LogP contribution in [-0.2, 0) is 4.79 Å². The van der Waals surface area contributed by atoms with Gasteiger partial charge in [0.15, 0.2) is 11.6 Å². The van der Waals surface area contributed by atoms with Gasteiger partial charge in [0, 0.05) is 10.9 Å². The normalized spacial score (nSPS) is 22.6. The van der Waals surface area contributed by atoms with E-state index in [1.54, 1.807) is 0 Å². The van der Waals surface area contributed by atoms with Crippen LogP contribution in [-0.4, -0.2) is 17.7 Å². The minimum Gasteiger partial charge on any atom is -0.352 e. The van der Waals surface area contributed by atoms with E-state index in [-0.39, 0.29) is 17.7 Å². The average molecular weight is 299 g/mol. The number of halogens is 2. The Balaban J connectivity index is 1.81. The highest BCUT2D eigenvalue weighted by atomic mass is 32.2. The van der Waals surface area contributed by atoms with Gasteiger partial charge in [-0.2, -0.15) is 0 Å². The fourth-order valence-electron chi connectivity index (χ4n) is 2.49. The van der Waals surface area contributed by atoms with Gasteiger partial charge < -0.3 is 5.32 Å². The minimum absolute atomic E-state index is 0.0431. The number of benzene rings is 1. The largest absolute Gasteiger partial charge is 0.352 e. The van der Waals surface area contributed by atoms with E-state index in [2.05, 4.69) is 12.2 Å². The lowest BCUT2D eigenvalue weighted by Gasteiger charge is -2.29. The molecule has 20 heavy (non-hydrogen) atoms. The van der Waals surface area contributed by atoms with Crippen molar-refractivity contribution in [2.24, 2.45) is 5.92 Å². The molecule has 0 saturated heterocycles. The number of hydrogen-bond acceptors (Lipinski definition) is 2. The highest BCUT2D eigenvalue weighted by molar-refractivity contribution is 8.00. The number of rotatable bonds is 4. The van der Waals surface area contributed by atoms with Gasteiger partial charge in [0.2, 0.25) is 5.91 Å². The predicted molar refractivity (Wildman–Crippen MR) is 76.6 cm³/mol. The molecule has 1 aromatic carbocycles. The lowest BCUT2D eigenvalue weighted by molar-refractivity contribution is -0.119. The van der Waals surface area contributed by atoms with E-state index in [0.29, 0.717) is 10.8 Å². The molecule has 1 aliphatic rings. The summed E-state index contributed by atoms with van der Waals surface area (Å²) in [6.45, 7) is 2.16. The van der Waals surface area contributed by atoms with Gasteiger partial charge in [-0.3, -0.25) is 4.79 Å². The Labute approximate surface area is 122 Å². The Morgan fingerprint density at radius 3 is 2.75 bits per heavy atom. The van der Waals surface area contributed by atoms with Crippen LogP contribution in [0.5, 0.6) is 0 Å². The maximum Gasteiger partial charge on any atom is 0.230 e. The number of hydrogen-bond donors (Lipinski definition) is 1. The smallest absolute Gasteiger partial charge is 0.230 e. The average Bonchev–Trinajstić information content (AvgIpc) is 2.43. The summed E-state index contributed by atoms with van der Waals surface area (Å²) >= 11 is 1.22. The quantitative estimate of drug-likeness (QED) is 0.858. The van der Waals surface area contributed by atoms with E-state index < -0.39 is 11.6 Å². The third kappa shape index (κ3) is 4.20. The molecule has 0 heterocycles. The molecule has 0 aromatic heterocycles. The van der Waals surface area contributed by atoms with Crippen molar-refractivity contribution < 1.29 is 13.6 Å². The minimum atomic E-state index is -0.878. The maximum atomic E-state index is 13.0. The first kappa shape index (κ1) is 15.3. The standard InChI is InChI=1S/C15H19F2NOS/c1-10-4-2-3-5-14(10)18-15(19)9-20-11-6-7-12(16)13(17)8-11/h6-8,10,14H,2-5,9H2,1H3,(H,18,19)/t10-,14-/m0/s1. The molecule has 1 saturated carbocycles. The maximum absolute atomic E-state index is 13.0. The molecule has 2 nitrogen and oxygen atoms in total. The molecule has 2 rings (SSSR count). The zero-order valence-electron chi connectivity index (χ0n) is 11.5. The Morgan fingerprint density at radius 1 is 1.30 bits per heavy atom. The lowest BCUT2D eigenvalue weighted by Crippen LogP contribution is -2.41. The van der Waals surface area contributed by atoms with Crippen LogP contribution in [0.1, 0.15) is 32.6 Å². The summed E-state index contributed by atoms with van der Waals surface area (Å²) in [4.78, 5) is 12.4. The van der Waals surface area contributed by atoms with Crippen molar-refractivity contribution in [1.29, 1.82) is 0 Å². The van der Waals surface area contributed by atoms with E-state index in [1.807, 2.05) is 0 Å². The van der Waals surface area contributed by atoms with E-state index >= 15 is 0 Å². The Hall–Kier alpha value is -1.10. The third-order valence-electron chi connectivity index (χ3n) is 3.72. The van der Waals surface area contributed by atoms with Gasteiger partial charge in [0.05, 0.1) is 5.75 Å². The van der Waals surface area contributed by atoms with Gasteiger partial charge in [0.1, 0.15) is 0 Å². The van der Waals surface area contributed by atoms with Crippen molar-refractivity contribution in [3.63, 3.8) is 0 Å². The summed E-state index contributed by atoms with van der Waals surface area (Å²) in [7, 11) is 0. The molecule has 5 heteroatoms. The van der Waals surface area contributed by atoms with Gasteiger partial charge >= 0.3 is 0 Å². The molecule has 0 bridgehead atoms. The van der Waals surface area contributed by atoms with Gasteiger partial charge in [-0.15, -0.1) is 11.8 Å². The monoisotopic (exact) mass is 299 g/mol. The van der Waals surface area contributed by atoms with Crippen molar-refractivity contribution in [2.45, 2.75) is 43.5 Å². The molecule has 110 valence electrons. The molecule has 0 unspecified atom stereocenters. The van der Waals surface area contributed by atoms with Crippen molar-refractivity contribution in [2.75, 3.05) is 5.75 Å². The third-order valence-corrected chi connectivity index (χ3v) is 4.71. The highest BCUT2D eigenvalue weighted by Crippen LogP contribution is 2.24. The van der Waals surface area contributed by atoms with Gasteiger partial charge in [-0.05, 0) is 37.0 Å². The summed E-state index contributed by atoms with van der Waals surface area (Å²) in [6.07, 6.45) is 4.58. The molecular formula is C15H19F2NOS. The Morgan fingerprint density at radius 2 is 2.05 bits per heavy atom. The highest BCUT2D eigenvalue weighted by Gasteiger charge is 2.22. The first-order valence-electron chi connectivity index (χ1n) is 6.93. The molecule has 1 fully saturated rings. The number of carbonyl (C=O) groups is 1. The number of amides is 1. The number of nitrogens with one attached hydrogen (secondary N) is 1. The summed E-state index contributed by atoms with van der Waals surface area (Å²) < 4.78 is 25.8. The number of thioether (sulfide) groups is 1. The fraction of sp³-hybridized carbons (Fsp3) is 0.533. The van der Waals surface area contributed by atoms with Crippen LogP contribution in [0, 0.1) is 17.6 Å². The molecular weight excluding hydrogens is 280 g/mol.